The normalized spacial score (nSPS) is 19.4. The Labute approximate surface area is 167 Å². The fraction of sp³-hybridized carbons (Fsp3) is 0.474. The average molecular weight is 401 g/mol. The number of carbonyl (C=O) groups is 1. The van der Waals surface area contributed by atoms with Crippen LogP contribution in [0.15, 0.2) is 18.3 Å². The lowest BCUT2D eigenvalue weighted by Crippen LogP contribution is -2.35. The molecule has 10 heteroatoms. The highest BCUT2D eigenvalue weighted by molar-refractivity contribution is 5.93. The van der Waals surface area contributed by atoms with Crippen LogP contribution in [0.5, 0.6) is 5.75 Å². The van der Waals surface area contributed by atoms with Crippen molar-refractivity contribution in [3.05, 3.63) is 50.8 Å². The highest BCUT2D eigenvalue weighted by Gasteiger charge is 2.29. The fourth-order valence-electron chi connectivity index (χ4n) is 4.16. The zero-order valence-corrected chi connectivity index (χ0v) is 16.2. The van der Waals surface area contributed by atoms with Crippen molar-refractivity contribution in [1.29, 1.82) is 0 Å². The van der Waals surface area contributed by atoms with E-state index >= 15 is 0 Å². The summed E-state index contributed by atoms with van der Waals surface area (Å²) >= 11 is 0. The summed E-state index contributed by atoms with van der Waals surface area (Å²) in [5, 5.41) is 15.8. The Bertz CT molecular complexity index is 957. The molecule has 4 rings (SSSR count). The molecular formula is C19H23N5O5. The molecule has 10 nitrogen and oxygen atoms in total. The molecule has 0 aliphatic carbocycles. The zero-order valence-electron chi connectivity index (χ0n) is 16.2. The van der Waals surface area contributed by atoms with Gasteiger partial charge in [0, 0.05) is 55.5 Å². The number of hydrogen-bond donors (Lipinski definition) is 1. The number of primary amides is 1. The Kier molecular flexibility index (Phi) is 5.20. The Morgan fingerprint density at radius 1 is 1.45 bits per heavy atom. The van der Waals surface area contributed by atoms with Crippen LogP contribution in [-0.4, -0.2) is 45.4 Å². The Morgan fingerprint density at radius 3 is 3.03 bits per heavy atom. The molecule has 0 saturated carbocycles. The van der Waals surface area contributed by atoms with Crippen molar-refractivity contribution in [3.63, 3.8) is 0 Å². The molecule has 1 aromatic carbocycles. The third-order valence-corrected chi connectivity index (χ3v) is 5.39. The number of nitro benzene ring substituents is 1. The summed E-state index contributed by atoms with van der Waals surface area (Å²) in [6, 6.07) is 3.08. The van der Waals surface area contributed by atoms with Gasteiger partial charge in [-0.3, -0.25) is 24.5 Å². The predicted molar refractivity (Wildman–Crippen MR) is 102 cm³/mol. The van der Waals surface area contributed by atoms with E-state index in [0.717, 1.165) is 30.6 Å². The van der Waals surface area contributed by atoms with Crippen LogP contribution >= 0.6 is 0 Å². The minimum Gasteiger partial charge on any atom is -0.467 e. The van der Waals surface area contributed by atoms with Crippen molar-refractivity contribution in [1.82, 2.24) is 14.7 Å². The highest BCUT2D eigenvalue weighted by atomic mass is 16.7. The second-order valence-electron chi connectivity index (χ2n) is 7.50. The number of nitrogens with zero attached hydrogens (tertiary/aromatic N) is 4. The minimum absolute atomic E-state index is 0.0298. The van der Waals surface area contributed by atoms with Crippen LogP contribution in [0.1, 0.15) is 45.9 Å². The molecule has 154 valence electrons. The summed E-state index contributed by atoms with van der Waals surface area (Å²) in [6.45, 7) is 2.48. The molecule has 1 fully saturated rings. The first-order valence-corrected chi connectivity index (χ1v) is 9.49. The second kappa shape index (κ2) is 7.80. The first-order valence-electron chi connectivity index (χ1n) is 9.49. The zero-order chi connectivity index (χ0) is 20.5. The van der Waals surface area contributed by atoms with E-state index in [1.807, 2.05) is 0 Å². The molecule has 3 heterocycles. The van der Waals surface area contributed by atoms with E-state index in [4.69, 9.17) is 15.2 Å². The molecule has 2 N–H and O–H groups in total. The average Bonchev–Trinajstić information content (AvgIpc) is 3.10. The number of carbonyl (C=O) groups excluding carboxylic acids is 1. The molecule has 2 aliphatic rings. The van der Waals surface area contributed by atoms with Crippen LogP contribution in [0.2, 0.25) is 0 Å². The van der Waals surface area contributed by atoms with Crippen molar-refractivity contribution in [2.45, 2.75) is 31.9 Å². The molecule has 1 saturated heterocycles. The molecule has 2 aliphatic heterocycles. The monoisotopic (exact) mass is 401 g/mol. The number of benzene rings is 1. The maximum Gasteiger partial charge on any atom is 0.270 e. The van der Waals surface area contributed by atoms with E-state index in [0.29, 0.717) is 36.6 Å². The van der Waals surface area contributed by atoms with E-state index in [-0.39, 0.29) is 18.4 Å². The number of rotatable bonds is 5. The summed E-state index contributed by atoms with van der Waals surface area (Å²) in [7, 11) is 1.77. The largest absolute Gasteiger partial charge is 0.467 e. The molecule has 0 spiro atoms. The van der Waals surface area contributed by atoms with Crippen molar-refractivity contribution in [2.24, 2.45) is 12.8 Å². The fourth-order valence-corrected chi connectivity index (χ4v) is 4.16. The van der Waals surface area contributed by atoms with Crippen LogP contribution < -0.4 is 10.5 Å². The lowest BCUT2D eigenvalue weighted by Gasteiger charge is -2.33. The van der Waals surface area contributed by atoms with Gasteiger partial charge in [0.25, 0.3) is 11.6 Å². The van der Waals surface area contributed by atoms with Gasteiger partial charge in [0.1, 0.15) is 5.75 Å². The van der Waals surface area contributed by atoms with E-state index in [9.17, 15) is 14.9 Å². The highest BCUT2D eigenvalue weighted by Crippen LogP contribution is 2.35. The number of aromatic nitrogens is 2. The quantitative estimate of drug-likeness (QED) is 0.596. The number of hydrogen-bond acceptors (Lipinski definition) is 7. The maximum atomic E-state index is 11.8. The van der Waals surface area contributed by atoms with Gasteiger partial charge in [-0.05, 0) is 19.4 Å². The van der Waals surface area contributed by atoms with Gasteiger partial charge in [0.05, 0.1) is 22.8 Å². The summed E-state index contributed by atoms with van der Waals surface area (Å²) < 4.78 is 12.5. The standard InChI is InChI=1S/C19H23N5O5/c1-22-9-16(19(20)25)17(21-22)12-3-2-4-23(7-12)8-13-5-15(24(26)27)6-14-10-28-11-29-18(13)14/h5-6,9,12H,2-4,7-8,10-11H2,1H3,(H2,20,25)/t12-/m1/s1. The smallest absolute Gasteiger partial charge is 0.270 e. The maximum absolute atomic E-state index is 11.8. The van der Waals surface area contributed by atoms with E-state index < -0.39 is 10.8 Å². The van der Waals surface area contributed by atoms with Crippen LogP contribution in [0.25, 0.3) is 0 Å². The van der Waals surface area contributed by atoms with Gasteiger partial charge in [-0.25, -0.2) is 0 Å². The number of nitrogens with two attached hydrogens (primary N) is 1. The van der Waals surface area contributed by atoms with Crippen molar-refractivity contribution in [3.8, 4) is 5.75 Å². The molecule has 2 aromatic rings. The Hall–Kier alpha value is -2.98. The third kappa shape index (κ3) is 3.94. The van der Waals surface area contributed by atoms with E-state index in [2.05, 4.69) is 10.00 Å². The Balaban J connectivity index is 1.58. The van der Waals surface area contributed by atoms with Gasteiger partial charge in [0.2, 0.25) is 0 Å². The number of non-ortho nitro benzene ring substituents is 1. The lowest BCUT2D eigenvalue weighted by atomic mass is 9.92. The molecule has 0 radical (unpaired) electrons. The van der Waals surface area contributed by atoms with Gasteiger partial charge in [-0.1, -0.05) is 0 Å². The number of likely N-dealkylation sites (tertiary alicyclic amines) is 1. The second-order valence-corrected chi connectivity index (χ2v) is 7.50. The summed E-state index contributed by atoms with van der Waals surface area (Å²) in [4.78, 5) is 24.9. The SMILES string of the molecule is Cn1cc(C(N)=O)c([C@@H]2CCCN(Cc3cc([N+](=O)[O-])cc4c3OCOC4)C2)n1. The number of nitro groups is 1. The number of amides is 1. The van der Waals surface area contributed by atoms with Crippen molar-refractivity contribution >= 4 is 11.6 Å². The first kappa shape index (κ1) is 19.3. The number of ether oxygens (including phenoxy) is 2. The van der Waals surface area contributed by atoms with Gasteiger partial charge >= 0.3 is 0 Å². The van der Waals surface area contributed by atoms with Crippen LogP contribution in [-0.2, 0) is 24.9 Å². The Morgan fingerprint density at radius 2 is 2.28 bits per heavy atom. The molecule has 1 atom stereocenters. The molecule has 0 unspecified atom stereocenters. The van der Waals surface area contributed by atoms with Crippen molar-refractivity contribution < 1.29 is 19.2 Å². The van der Waals surface area contributed by atoms with E-state index in [1.165, 1.54) is 6.07 Å². The predicted octanol–water partition coefficient (Wildman–Crippen LogP) is 1.67. The molecule has 0 bridgehead atoms. The summed E-state index contributed by atoms with van der Waals surface area (Å²) in [5.74, 6) is 0.261. The lowest BCUT2D eigenvalue weighted by molar-refractivity contribution is -0.385. The van der Waals surface area contributed by atoms with Crippen LogP contribution in [0, 0.1) is 10.1 Å². The van der Waals surface area contributed by atoms with Gasteiger partial charge < -0.3 is 15.2 Å². The first-order chi connectivity index (χ1) is 13.9. The number of aryl methyl sites for hydroxylation is 1. The topological polar surface area (TPSA) is 126 Å². The molecule has 1 amide bonds. The summed E-state index contributed by atoms with van der Waals surface area (Å²) in [5.41, 5.74) is 8.18. The van der Waals surface area contributed by atoms with Crippen LogP contribution in [0.4, 0.5) is 5.69 Å². The van der Waals surface area contributed by atoms with Gasteiger partial charge in [-0.2, -0.15) is 5.10 Å². The van der Waals surface area contributed by atoms with Gasteiger partial charge in [0.15, 0.2) is 6.79 Å². The third-order valence-electron chi connectivity index (χ3n) is 5.39. The number of piperidine rings is 1. The molecule has 1 aromatic heterocycles. The van der Waals surface area contributed by atoms with Gasteiger partial charge in [-0.15, -0.1) is 0 Å². The van der Waals surface area contributed by atoms with Crippen molar-refractivity contribution in [2.75, 3.05) is 19.9 Å². The molecule has 29 heavy (non-hydrogen) atoms. The summed E-state index contributed by atoms with van der Waals surface area (Å²) in [6.07, 6.45) is 3.49. The van der Waals surface area contributed by atoms with Crippen LogP contribution in [0.3, 0.4) is 0 Å². The van der Waals surface area contributed by atoms with E-state index in [1.54, 1.807) is 24.0 Å². The molecular weight excluding hydrogens is 378 g/mol. The minimum atomic E-state index is -0.480. The number of fused-ring (bicyclic) bond motifs is 1.